The van der Waals surface area contributed by atoms with Gasteiger partial charge in [0, 0.05) is 4.91 Å². The van der Waals surface area contributed by atoms with Crippen molar-refractivity contribution in [3.05, 3.63) is 40.3 Å². The zero-order valence-electron chi connectivity index (χ0n) is 18.6. The fourth-order valence-corrected chi connectivity index (χ4v) is 4.69. The molecule has 1 unspecified atom stereocenters. The number of amidine groups is 1. The number of allylic oxidation sites excluding steroid dienone is 1. The molecule has 0 aromatic heterocycles. The molecule has 0 radical (unpaired) electrons. The summed E-state index contributed by atoms with van der Waals surface area (Å²) in [7, 11) is 2.89. The summed E-state index contributed by atoms with van der Waals surface area (Å²) < 4.78 is 41.0. The van der Waals surface area contributed by atoms with E-state index in [0.717, 1.165) is 28.3 Å². The third-order valence-electron chi connectivity index (χ3n) is 5.18. The van der Waals surface area contributed by atoms with Crippen LogP contribution >= 0.6 is 11.8 Å². The number of urea groups is 1. The summed E-state index contributed by atoms with van der Waals surface area (Å²) >= 11 is 1.07. The number of amides is 4. The van der Waals surface area contributed by atoms with Crippen molar-refractivity contribution in [1.82, 2.24) is 4.90 Å². The molecule has 0 saturated carbocycles. The minimum Gasteiger partial charge on any atom is -0.325 e. The number of thioether (sulfide) groups is 1. The van der Waals surface area contributed by atoms with Gasteiger partial charge in [-0.2, -0.15) is 22.6 Å². The molecular formula is C22H24F3N4O3S+. The Morgan fingerprint density at radius 3 is 2.58 bits per heavy atom. The number of carbonyl (C=O) groups excluding carboxylic acids is 3. The van der Waals surface area contributed by atoms with Crippen molar-refractivity contribution >= 4 is 47.3 Å². The molecule has 0 fully saturated rings. The van der Waals surface area contributed by atoms with Crippen molar-refractivity contribution in [2.75, 3.05) is 25.2 Å². The van der Waals surface area contributed by atoms with E-state index in [-0.39, 0.29) is 23.2 Å². The zero-order valence-corrected chi connectivity index (χ0v) is 19.4. The van der Waals surface area contributed by atoms with E-state index in [0.29, 0.717) is 11.3 Å². The Balaban J connectivity index is 1.88. The number of nitrogens with zero attached hydrogens (tertiary/aromatic N) is 3. The molecule has 176 valence electrons. The average molecular weight is 482 g/mol. The molecular weight excluding hydrogens is 457 g/mol. The monoisotopic (exact) mass is 481 g/mol. The van der Waals surface area contributed by atoms with Crippen LogP contribution in [-0.2, 0) is 15.8 Å². The predicted molar refractivity (Wildman–Crippen MR) is 120 cm³/mol. The molecule has 1 N–H and O–H groups in total. The number of benzene rings is 1. The smallest absolute Gasteiger partial charge is 0.325 e. The molecule has 1 atom stereocenters. The minimum absolute atomic E-state index is 0.213. The number of aliphatic imine (C=N–C) groups is 1. The molecule has 1 aromatic rings. The highest BCUT2D eigenvalue weighted by Crippen LogP contribution is 2.37. The molecule has 2 aliphatic rings. The Morgan fingerprint density at radius 1 is 1.27 bits per heavy atom. The lowest BCUT2D eigenvalue weighted by molar-refractivity contribution is -0.407. The molecule has 2 aliphatic heterocycles. The molecule has 0 aliphatic carbocycles. The van der Waals surface area contributed by atoms with Gasteiger partial charge in [0.05, 0.1) is 31.1 Å². The van der Waals surface area contributed by atoms with Crippen molar-refractivity contribution in [3.8, 4) is 0 Å². The SMILES string of the molecule is CC(C)CC1=C(SCC(=O)Nc2ccccc2C(F)(F)F)C2C(=O)N(C)C(=O)[N+](C)=C2N=C1. The van der Waals surface area contributed by atoms with Crippen LogP contribution in [0.15, 0.2) is 39.7 Å². The largest absolute Gasteiger partial charge is 0.445 e. The van der Waals surface area contributed by atoms with Crippen LogP contribution in [0.5, 0.6) is 0 Å². The first-order chi connectivity index (χ1) is 15.4. The summed E-state index contributed by atoms with van der Waals surface area (Å²) in [6.45, 7) is 3.99. The molecule has 4 amide bonds. The van der Waals surface area contributed by atoms with E-state index >= 15 is 0 Å². The molecule has 33 heavy (non-hydrogen) atoms. The van der Waals surface area contributed by atoms with Crippen molar-refractivity contribution < 1.29 is 32.1 Å². The molecule has 0 saturated heterocycles. The van der Waals surface area contributed by atoms with Gasteiger partial charge >= 0.3 is 18.1 Å². The molecule has 2 heterocycles. The van der Waals surface area contributed by atoms with Crippen LogP contribution in [0.1, 0.15) is 25.8 Å². The van der Waals surface area contributed by atoms with Crippen LogP contribution in [0.4, 0.5) is 23.7 Å². The van der Waals surface area contributed by atoms with E-state index in [9.17, 15) is 27.6 Å². The van der Waals surface area contributed by atoms with Gasteiger partial charge in [0.2, 0.25) is 5.91 Å². The highest BCUT2D eigenvalue weighted by Gasteiger charge is 2.48. The van der Waals surface area contributed by atoms with Gasteiger partial charge in [-0.05, 0) is 30.0 Å². The second-order valence-electron chi connectivity index (χ2n) is 8.16. The molecule has 1 aromatic carbocycles. The molecule has 7 nitrogen and oxygen atoms in total. The number of carbonyl (C=O) groups is 3. The summed E-state index contributed by atoms with van der Waals surface area (Å²) in [6.07, 6.45) is -2.43. The van der Waals surface area contributed by atoms with Crippen molar-refractivity contribution in [3.63, 3.8) is 0 Å². The number of halogens is 3. The number of anilines is 1. The first-order valence-corrected chi connectivity index (χ1v) is 11.2. The summed E-state index contributed by atoms with van der Waals surface area (Å²) in [5.74, 6) is -1.67. The minimum atomic E-state index is -4.61. The fourth-order valence-electron chi connectivity index (χ4n) is 3.64. The number of para-hydroxylation sites is 1. The molecule has 0 bridgehead atoms. The highest BCUT2D eigenvalue weighted by molar-refractivity contribution is 8.03. The topological polar surface area (TPSA) is 81.9 Å². The van der Waals surface area contributed by atoms with Gasteiger partial charge in [-0.25, -0.2) is 4.79 Å². The maximum Gasteiger partial charge on any atom is 0.445 e. The van der Waals surface area contributed by atoms with Crippen LogP contribution in [0, 0.1) is 11.8 Å². The second kappa shape index (κ2) is 9.50. The molecule has 11 heteroatoms. The second-order valence-corrected chi connectivity index (χ2v) is 9.17. The Bertz CT molecular complexity index is 1090. The summed E-state index contributed by atoms with van der Waals surface area (Å²) in [6, 6.07) is 4.23. The predicted octanol–water partition coefficient (Wildman–Crippen LogP) is 4.01. The molecule has 3 rings (SSSR count). The van der Waals surface area contributed by atoms with Crippen molar-refractivity contribution in [1.29, 1.82) is 0 Å². The number of fused-ring (bicyclic) bond motifs is 1. The number of imide groups is 1. The van der Waals surface area contributed by atoms with Crippen LogP contribution in [0.25, 0.3) is 0 Å². The van der Waals surface area contributed by atoms with Crippen LogP contribution in [0.2, 0.25) is 0 Å². The van der Waals surface area contributed by atoms with E-state index in [4.69, 9.17) is 0 Å². The summed E-state index contributed by atoms with van der Waals surface area (Å²) in [4.78, 5) is 43.7. The van der Waals surface area contributed by atoms with Gasteiger partial charge in [-0.1, -0.05) is 26.0 Å². The third-order valence-corrected chi connectivity index (χ3v) is 6.39. The number of hydrogen-bond acceptors (Lipinski definition) is 5. The highest BCUT2D eigenvalue weighted by atomic mass is 32.2. The number of alkyl halides is 3. The molecule has 0 spiro atoms. The van der Waals surface area contributed by atoms with Crippen LogP contribution in [-0.4, -0.2) is 59.2 Å². The van der Waals surface area contributed by atoms with Gasteiger partial charge in [0.1, 0.15) is 6.21 Å². The van der Waals surface area contributed by atoms with E-state index in [2.05, 4.69) is 10.3 Å². The van der Waals surface area contributed by atoms with Gasteiger partial charge in [-0.15, -0.1) is 16.8 Å². The van der Waals surface area contributed by atoms with Gasteiger partial charge < -0.3 is 5.32 Å². The van der Waals surface area contributed by atoms with Crippen LogP contribution in [0.3, 0.4) is 0 Å². The van der Waals surface area contributed by atoms with Gasteiger partial charge in [-0.3, -0.25) is 9.59 Å². The number of rotatable bonds is 6. The average Bonchev–Trinajstić information content (AvgIpc) is 2.74. The first-order valence-electron chi connectivity index (χ1n) is 10.2. The maximum atomic E-state index is 13.2. The summed E-state index contributed by atoms with van der Waals surface area (Å²) in [5.41, 5.74) is -0.507. The summed E-state index contributed by atoms with van der Waals surface area (Å²) in [5, 5.41) is 2.32. The van der Waals surface area contributed by atoms with Crippen LogP contribution < -0.4 is 5.32 Å². The first kappa shape index (κ1) is 24.7. The number of hydrogen-bond donors (Lipinski definition) is 1. The van der Waals surface area contributed by atoms with Crippen molar-refractivity contribution in [2.45, 2.75) is 26.4 Å². The zero-order chi connectivity index (χ0) is 24.5. The van der Waals surface area contributed by atoms with E-state index < -0.39 is 35.5 Å². The normalized spacial score (nSPS) is 18.9. The lowest BCUT2D eigenvalue weighted by Crippen LogP contribution is -2.52. The van der Waals surface area contributed by atoms with E-state index in [1.807, 2.05) is 13.8 Å². The Labute approximate surface area is 193 Å². The lowest BCUT2D eigenvalue weighted by atomic mass is 9.94. The quantitative estimate of drug-likeness (QED) is 0.623. The fraction of sp³-hybridized carbons (Fsp3) is 0.409. The van der Waals surface area contributed by atoms with Gasteiger partial charge in [0.15, 0.2) is 5.92 Å². The van der Waals surface area contributed by atoms with E-state index in [1.54, 1.807) is 6.21 Å². The Hall–Kier alpha value is -2.95. The lowest BCUT2D eigenvalue weighted by Gasteiger charge is -2.28. The third kappa shape index (κ3) is 5.18. The Kier molecular flexibility index (Phi) is 7.11. The van der Waals surface area contributed by atoms with E-state index in [1.165, 1.54) is 36.9 Å². The number of nitrogens with one attached hydrogen (secondary N) is 1. The number of dihydropyridines is 1. The maximum absolute atomic E-state index is 13.2. The standard InChI is InChI=1S/C22H23F3N4O3S/c1-12(2)9-13-10-26-19-17(20(31)29(4)21(32)28(19)3)18(13)33-11-16(30)27-15-8-6-5-7-14(15)22(23,24)25/h5-8,10,12,17H,9,11H2,1-4H3/p+1. The van der Waals surface area contributed by atoms with Crippen molar-refractivity contribution in [2.24, 2.45) is 16.8 Å². The van der Waals surface area contributed by atoms with Gasteiger partial charge in [0.25, 0.3) is 5.84 Å². The Morgan fingerprint density at radius 2 is 1.94 bits per heavy atom.